The molecule has 0 saturated carbocycles. The fourth-order valence-electron chi connectivity index (χ4n) is 4.31. The van der Waals surface area contributed by atoms with Crippen LogP contribution in [0.3, 0.4) is 0 Å². The van der Waals surface area contributed by atoms with Gasteiger partial charge < -0.3 is 15.5 Å². The first-order chi connectivity index (χ1) is 13.9. The maximum atomic E-state index is 13.1. The monoisotopic (exact) mass is 398 g/mol. The van der Waals surface area contributed by atoms with Crippen LogP contribution in [0.15, 0.2) is 42.5 Å². The average Bonchev–Trinajstić information content (AvgIpc) is 2.73. The Morgan fingerprint density at radius 2 is 1.83 bits per heavy atom. The quantitative estimate of drug-likeness (QED) is 0.724. The van der Waals surface area contributed by atoms with E-state index in [4.69, 9.17) is 0 Å². The summed E-state index contributed by atoms with van der Waals surface area (Å²) in [6, 6.07) is 12.1. The van der Waals surface area contributed by atoms with Gasteiger partial charge in [0.2, 0.25) is 5.91 Å². The van der Waals surface area contributed by atoms with Crippen LogP contribution in [0.4, 0.5) is 10.1 Å². The summed E-state index contributed by atoms with van der Waals surface area (Å²) in [6.45, 7) is 1.18. The second-order valence-corrected chi connectivity index (χ2v) is 8.13. The van der Waals surface area contributed by atoms with Crippen LogP contribution in [-0.4, -0.2) is 40.3 Å². The molecule has 3 N–H and O–H groups in total. The summed E-state index contributed by atoms with van der Waals surface area (Å²) in [7, 11) is 0. The molecule has 0 radical (unpaired) electrons. The van der Waals surface area contributed by atoms with Gasteiger partial charge >= 0.3 is 0 Å². The van der Waals surface area contributed by atoms with Crippen LogP contribution >= 0.6 is 0 Å². The molecular weight excluding hydrogens is 371 g/mol. The van der Waals surface area contributed by atoms with E-state index in [1.807, 2.05) is 17.0 Å². The third-order valence-electron chi connectivity index (χ3n) is 6.18. The number of rotatable bonds is 5. The largest absolute Gasteiger partial charge is 0.385 e. The Morgan fingerprint density at radius 1 is 1.10 bits per heavy atom. The number of likely N-dealkylation sites (tertiary alicyclic amines) is 1. The predicted octanol–water partition coefficient (Wildman–Crippen LogP) is 2.95. The van der Waals surface area contributed by atoms with E-state index in [9.17, 15) is 19.4 Å². The lowest BCUT2D eigenvalue weighted by molar-refractivity contribution is -0.116. The molecule has 154 valence electrons. The van der Waals surface area contributed by atoms with Gasteiger partial charge in [-0.25, -0.2) is 4.39 Å². The third kappa shape index (κ3) is 4.50. The highest BCUT2D eigenvalue weighted by Crippen LogP contribution is 2.33. The van der Waals surface area contributed by atoms with Gasteiger partial charge in [0, 0.05) is 25.2 Å². The molecule has 2 aromatic carbocycles. The summed E-state index contributed by atoms with van der Waals surface area (Å²) in [5.74, 6) is -0.249. The zero-order chi connectivity index (χ0) is 20.4. The fraction of sp³-hybridized carbons (Fsp3) is 0.435. The molecule has 0 aliphatic carbocycles. The van der Waals surface area contributed by atoms with Gasteiger partial charge in [-0.3, -0.25) is 9.69 Å². The number of fused-ring (bicyclic) bond motifs is 1. The van der Waals surface area contributed by atoms with Crippen molar-refractivity contribution in [3.05, 3.63) is 65.0 Å². The van der Waals surface area contributed by atoms with Gasteiger partial charge in [0.05, 0.1) is 5.60 Å². The number of anilines is 1. The second kappa shape index (κ2) is 8.22. The summed E-state index contributed by atoms with van der Waals surface area (Å²) in [4.78, 5) is 13.5. The van der Waals surface area contributed by atoms with Crippen LogP contribution in [0.25, 0.3) is 0 Å². The molecule has 0 spiro atoms. The second-order valence-electron chi connectivity index (χ2n) is 8.13. The highest BCUT2D eigenvalue weighted by Gasteiger charge is 2.35. The van der Waals surface area contributed by atoms with E-state index >= 15 is 0 Å². The average molecular weight is 398 g/mol. The van der Waals surface area contributed by atoms with E-state index in [2.05, 4.69) is 11.4 Å². The SMILES string of the molecule is O=C1CCc2cc(CCC(O)N3CCC(O)(c4ccc(F)cc4)CC3)ccc2N1. The lowest BCUT2D eigenvalue weighted by Gasteiger charge is -2.40. The summed E-state index contributed by atoms with van der Waals surface area (Å²) in [5.41, 5.74) is 2.96. The van der Waals surface area contributed by atoms with E-state index in [1.165, 1.54) is 12.1 Å². The predicted molar refractivity (Wildman–Crippen MR) is 109 cm³/mol. The number of nitrogens with one attached hydrogen (secondary N) is 1. The Kier molecular flexibility index (Phi) is 5.67. The van der Waals surface area contributed by atoms with Gasteiger partial charge in [-0.05, 0) is 67.0 Å². The van der Waals surface area contributed by atoms with Crippen LogP contribution in [0.1, 0.15) is 42.4 Å². The Labute approximate surface area is 170 Å². The molecule has 2 heterocycles. The minimum Gasteiger partial charge on any atom is -0.385 e. The normalized spacial score (nSPS) is 20.0. The van der Waals surface area contributed by atoms with Crippen molar-refractivity contribution in [3.8, 4) is 0 Å². The summed E-state index contributed by atoms with van der Waals surface area (Å²) in [5, 5.41) is 24.4. The van der Waals surface area contributed by atoms with E-state index < -0.39 is 11.8 Å². The number of carbonyl (C=O) groups excluding carboxylic acids is 1. The number of nitrogens with zero attached hydrogens (tertiary/aromatic N) is 1. The molecule has 2 aliphatic rings. The molecule has 1 amide bonds. The van der Waals surface area contributed by atoms with Crippen molar-refractivity contribution >= 4 is 11.6 Å². The van der Waals surface area contributed by atoms with Crippen LogP contribution in [0, 0.1) is 5.82 Å². The van der Waals surface area contributed by atoms with E-state index in [1.54, 1.807) is 12.1 Å². The number of piperidine rings is 1. The van der Waals surface area contributed by atoms with Crippen molar-refractivity contribution in [3.63, 3.8) is 0 Å². The number of halogens is 1. The molecule has 4 rings (SSSR count). The Morgan fingerprint density at radius 3 is 2.55 bits per heavy atom. The Hall–Kier alpha value is -2.28. The van der Waals surface area contributed by atoms with Crippen molar-refractivity contribution in [2.24, 2.45) is 0 Å². The number of aryl methyl sites for hydroxylation is 2. The summed E-state index contributed by atoms with van der Waals surface area (Å²) >= 11 is 0. The number of carbonyl (C=O) groups is 1. The van der Waals surface area contributed by atoms with Crippen LogP contribution in [0.5, 0.6) is 0 Å². The minimum absolute atomic E-state index is 0.0615. The highest BCUT2D eigenvalue weighted by molar-refractivity contribution is 5.93. The van der Waals surface area contributed by atoms with Crippen molar-refractivity contribution in [2.45, 2.75) is 50.4 Å². The number of hydrogen-bond donors (Lipinski definition) is 3. The molecule has 1 saturated heterocycles. The smallest absolute Gasteiger partial charge is 0.224 e. The molecule has 1 fully saturated rings. The molecule has 29 heavy (non-hydrogen) atoms. The molecule has 6 heteroatoms. The van der Waals surface area contributed by atoms with Gasteiger partial charge in [0.1, 0.15) is 12.0 Å². The van der Waals surface area contributed by atoms with E-state index in [-0.39, 0.29) is 11.7 Å². The molecule has 2 aromatic rings. The third-order valence-corrected chi connectivity index (χ3v) is 6.18. The zero-order valence-corrected chi connectivity index (χ0v) is 16.4. The molecule has 1 unspecified atom stereocenters. The number of amides is 1. The first kappa shape index (κ1) is 20.0. The van der Waals surface area contributed by atoms with Crippen molar-refractivity contribution in [2.75, 3.05) is 18.4 Å². The highest BCUT2D eigenvalue weighted by atomic mass is 19.1. The van der Waals surface area contributed by atoms with Gasteiger partial charge in [-0.2, -0.15) is 0 Å². The number of hydrogen-bond acceptors (Lipinski definition) is 4. The van der Waals surface area contributed by atoms with Crippen molar-refractivity contribution in [1.29, 1.82) is 0 Å². The summed E-state index contributed by atoms with van der Waals surface area (Å²) in [6.07, 6.45) is 3.09. The van der Waals surface area contributed by atoms with Crippen LogP contribution in [-0.2, 0) is 23.2 Å². The van der Waals surface area contributed by atoms with Gasteiger partial charge in [0.25, 0.3) is 0 Å². The lowest BCUT2D eigenvalue weighted by atomic mass is 9.84. The maximum absolute atomic E-state index is 13.1. The minimum atomic E-state index is -0.965. The van der Waals surface area contributed by atoms with Gasteiger partial charge in [-0.1, -0.05) is 24.3 Å². The number of aliphatic hydroxyl groups is 2. The molecule has 1 atom stereocenters. The molecule has 0 aromatic heterocycles. The Bertz CT molecular complexity index is 876. The fourth-order valence-corrected chi connectivity index (χ4v) is 4.31. The maximum Gasteiger partial charge on any atom is 0.224 e. The number of aliphatic hydroxyl groups excluding tert-OH is 1. The van der Waals surface area contributed by atoms with Crippen LogP contribution < -0.4 is 5.32 Å². The first-order valence-corrected chi connectivity index (χ1v) is 10.3. The molecule has 0 bridgehead atoms. The Balaban J connectivity index is 1.30. The topological polar surface area (TPSA) is 72.8 Å². The van der Waals surface area contributed by atoms with Gasteiger partial charge in [0.15, 0.2) is 0 Å². The zero-order valence-electron chi connectivity index (χ0n) is 16.4. The van der Waals surface area contributed by atoms with Crippen molar-refractivity contribution in [1.82, 2.24) is 4.90 Å². The van der Waals surface area contributed by atoms with E-state index in [0.29, 0.717) is 38.8 Å². The van der Waals surface area contributed by atoms with E-state index in [0.717, 1.165) is 35.2 Å². The molecular formula is C23H27FN2O3. The molecule has 2 aliphatic heterocycles. The van der Waals surface area contributed by atoms with Gasteiger partial charge in [-0.15, -0.1) is 0 Å². The lowest BCUT2D eigenvalue weighted by Crippen LogP contribution is -2.47. The molecule has 5 nitrogen and oxygen atoms in total. The van der Waals surface area contributed by atoms with Crippen molar-refractivity contribution < 1.29 is 19.4 Å². The first-order valence-electron chi connectivity index (χ1n) is 10.3. The summed E-state index contributed by atoms with van der Waals surface area (Å²) < 4.78 is 13.1. The standard InChI is InChI=1S/C23H27FN2O3/c24-19-6-4-18(5-7-19)23(29)11-13-26(14-12-23)22(28)10-2-16-1-8-20-17(15-16)3-9-21(27)25-20/h1,4-8,15,22,28-29H,2-3,9-14H2,(H,25,27). The van der Waals surface area contributed by atoms with Crippen LogP contribution in [0.2, 0.25) is 0 Å². The number of benzene rings is 2.